The monoisotopic (exact) mass is 371 g/mol. The Morgan fingerprint density at radius 1 is 1.04 bits per heavy atom. The average Bonchev–Trinajstić information content (AvgIpc) is 2.68. The van der Waals surface area contributed by atoms with Gasteiger partial charge in [-0.2, -0.15) is 0 Å². The zero-order valence-corrected chi connectivity index (χ0v) is 16.1. The number of carbonyl (C=O) groups excluding carboxylic acids is 2. The molecule has 0 aliphatic heterocycles. The van der Waals surface area contributed by atoms with E-state index in [0.717, 1.165) is 11.3 Å². The summed E-state index contributed by atoms with van der Waals surface area (Å²) >= 11 is 0. The molecule has 0 saturated carbocycles. The van der Waals surface area contributed by atoms with E-state index in [1.54, 1.807) is 56.5 Å². The first-order valence-corrected chi connectivity index (χ1v) is 8.87. The van der Waals surface area contributed by atoms with Gasteiger partial charge in [0.1, 0.15) is 11.5 Å². The summed E-state index contributed by atoms with van der Waals surface area (Å²) in [5.74, 6) is 0.678. The summed E-state index contributed by atoms with van der Waals surface area (Å²) in [6, 6.07) is 12.1. The lowest BCUT2D eigenvalue weighted by atomic mass is 10.1. The second-order valence-electron chi connectivity index (χ2n) is 5.93. The lowest BCUT2D eigenvalue weighted by molar-refractivity contribution is -0.122. The van der Waals surface area contributed by atoms with Gasteiger partial charge in [0.15, 0.2) is 6.10 Å². The summed E-state index contributed by atoms with van der Waals surface area (Å²) in [6.45, 7) is 5.78. The lowest BCUT2D eigenvalue weighted by Gasteiger charge is -2.18. The first-order valence-electron chi connectivity index (χ1n) is 8.87. The molecule has 0 radical (unpaired) electrons. The minimum absolute atomic E-state index is 0.250. The molecule has 0 unspecified atom stereocenters. The maximum absolute atomic E-state index is 12.6. The average molecular weight is 371 g/mol. The minimum Gasteiger partial charge on any atom is -0.497 e. The minimum atomic E-state index is -0.637. The summed E-state index contributed by atoms with van der Waals surface area (Å²) < 4.78 is 15.9. The van der Waals surface area contributed by atoms with Gasteiger partial charge in [-0.3, -0.25) is 4.79 Å². The summed E-state index contributed by atoms with van der Waals surface area (Å²) in [6.07, 6.45) is -0.125. The van der Waals surface area contributed by atoms with Crippen molar-refractivity contribution in [3.05, 3.63) is 53.6 Å². The highest BCUT2D eigenvalue weighted by Gasteiger charge is 2.19. The second kappa shape index (κ2) is 9.62. The van der Waals surface area contributed by atoms with Crippen molar-refractivity contribution in [1.82, 2.24) is 0 Å². The fourth-order valence-electron chi connectivity index (χ4n) is 2.50. The number of nitrogens with one attached hydrogen (secondary N) is 1. The van der Waals surface area contributed by atoms with Gasteiger partial charge in [-0.15, -0.1) is 0 Å². The van der Waals surface area contributed by atoms with Crippen molar-refractivity contribution in [3.8, 4) is 11.5 Å². The zero-order chi connectivity index (χ0) is 19.8. The normalized spacial score (nSPS) is 11.4. The van der Waals surface area contributed by atoms with Gasteiger partial charge in [-0.25, -0.2) is 4.79 Å². The number of hydrogen-bond donors (Lipinski definition) is 1. The number of ether oxygens (including phenoxy) is 3. The maximum Gasteiger partial charge on any atom is 0.338 e. The molecule has 2 aromatic rings. The van der Waals surface area contributed by atoms with Crippen LogP contribution >= 0.6 is 0 Å². The molecule has 2 rings (SSSR count). The second-order valence-corrected chi connectivity index (χ2v) is 5.93. The molecule has 0 heterocycles. The third-order valence-electron chi connectivity index (χ3n) is 4.00. The molecule has 144 valence electrons. The molecular formula is C21H25NO5. The van der Waals surface area contributed by atoms with E-state index in [-0.39, 0.29) is 11.9 Å². The van der Waals surface area contributed by atoms with Crippen molar-refractivity contribution in [2.24, 2.45) is 0 Å². The zero-order valence-electron chi connectivity index (χ0n) is 16.1. The quantitative estimate of drug-likeness (QED) is 0.711. The first-order chi connectivity index (χ1) is 13.0. The smallest absolute Gasteiger partial charge is 0.338 e. The van der Waals surface area contributed by atoms with E-state index in [0.29, 0.717) is 30.0 Å². The lowest BCUT2D eigenvalue weighted by Crippen LogP contribution is -2.32. The number of methoxy groups -OCH3 is 1. The van der Waals surface area contributed by atoms with E-state index in [4.69, 9.17) is 14.2 Å². The summed E-state index contributed by atoms with van der Waals surface area (Å²) in [5.41, 5.74) is 1.85. The molecule has 27 heavy (non-hydrogen) atoms. The number of amides is 1. The molecule has 0 aliphatic rings. The van der Waals surface area contributed by atoms with Crippen molar-refractivity contribution in [2.45, 2.75) is 33.3 Å². The van der Waals surface area contributed by atoms with Gasteiger partial charge in [0.25, 0.3) is 5.91 Å². The largest absolute Gasteiger partial charge is 0.497 e. The molecule has 2 aromatic carbocycles. The van der Waals surface area contributed by atoms with Gasteiger partial charge in [0.05, 0.1) is 19.3 Å². The van der Waals surface area contributed by atoms with Crippen molar-refractivity contribution < 1.29 is 23.8 Å². The molecular weight excluding hydrogens is 346 g/mol. The van der Waals surface area contributed by atoms with Crippen molar-refractivity contribution in [1.29, 1.82) is 0 Å². The number of anilines is 1. The Kier molecular flexibility index (Phi) is 7.23. The van der Waals surface area contributed by atoms with E-state index in [1.807, 2.05) is 13.8 Å². The van der Waals surface area contributed by atoms with Gasteiger partial charge in [0.2, 0.25) is 0 Å². The van der Waals surface area contributed by atoms with Crippen LogP contribution in [0.4, 0.5) is 5.69 Å². The van der Waals surface area contributed by atoms with E-state index in [9.17, 15) is 9.59 Å². The van der Waals surface area contributed by atoms with E-state index < -0.39 is 6.10 Å². The van der Waals surface area contributed by atoms with E-state index in [1.165, 1.54) is 0 Å². The molecule has 6 nitrogen and oxygen atoms in total. The summed E-state index contributed by atoms with van der Waals surface area (Å²) in [4.78, 5) is 24.4. The van der Waals surface area contributed by atoms with Gasteiger partial charge < -0.3 is 19.5 Å². The Hall–Kier alpha value is -3.02. The molecule has 0 bridgehead atoms. The van der Waals surface area contributed by atoms with E-state index in [2.05, 4.69) is 5.32 Å². The number of carbonyl (C=O) groups is 2. The predicted octanol–water partition coefficient (Wildman–Crippen LogP) is 3.98. The number of benzene rings is 2. The SMILES string of the molecule is CCOC(=O)c1ccc(NC(=O)[C@@H](CC)Oc2ccc(OC)cc2)c(C)c1. The van der Waals surface area contributed by atoms with Crippen molar-refractivity contribution in [2.75, 3.05) is 19.0 Å². The molecule has 0 aromatic heterocycles. The molecule has 1 atom stereocenters. The van der Waals surface area contributed by atoms with Gasteiger partial charge in [-0.1, -0.05) is 6.92 Å². The predicted molar refractivity (Wildman–Crippen MR) is 103 cm³/mol. The fourth-order valence-corrected chi connectivity index (χ4v) is 2.50. The molecule has 0 fully saturated rings. The number of hydrogen-bond acceptors (Lipinski definition) is 5. The number of esters is 1. The number of aryl methyl sites for hydroxylation is 1. The Morgan fingerprint density at radius 2 is 1.70 bits per heavy atom. The van der Waals surface area contributed by atoms with Crippen LogP contribution in [0.5, 0.6) is 11.5 Å². The van der Waals surface area contributed by atoms with Crippen LogP contribution in [0.1, 0.15) is 36.2 Å². The van der Waals surface area contributed by atoms with Crippen LogP contribution in [-0.4, -0.2) is 31.7 Å². The fraction of sp³-hybridized carbons (Fsp3) is 0.333. The Morgan fingerprint density at radius 3 is 2.26 bits per heavy atom. The molecule has 0 spiro atoms. The molecule has 6 heteroatoms. The highest BCUT2D eigenvalue weighted by molar-refractivity contribution is 5.96. The molecule has 1 amide bonds. The van der Waals surface area contributed by atoms with Crippen LogP contribution < -0.4 is 14.8 Å². The van der Waals surface area contributed by atoms with E-state index >= 15 is 0 Å². The summed E-state index contributed by atoms with van der Waals surface area (Å²) in [5, 5.41) is 2.86. The molecule has 1 N–H and O–H groups in total. The van der Waals surface area contributed by atoms with Gasteiger partial charge >= 0.3 is 5.97 Å². The maximum atomic E-state index is 12.6. The topological polar surface area (TPSA) is 73.9 Å². The first kappa shape index (κ1) is 20.3. The standard InChI is InChI=1S/C21H25NO5/c1-5-19(27-17-10-8-16(25-4)9-11-17)20(23)22-18-12-7-15(13-14(18)3)21(24)26-6-2/h7-13,19H,5-6H2,1-4H3,(H,22,23)/t19-/m1/s1. The van der Waals surface area contributed by atoms with Gasteiger partial charge in [0, 0.05) is 5.69 Å². The molecule has 0 aliphatic carbocycles. The van der Waals surface area contributed by atoms with Crippen molar-refractivity contribution >= 4 is 17.6 Å². The Labute approximate surface area is 159 Å². The van der Waals surface area contributed by atoms with Crippen LogP contribution in [0.3, 0.4) is 0 Å². The highest BCUT2D eigenvalue weighted by atomic mass is 16.5. The third kappa shape index (κ3) is 5.48. The third-order valence-corrected chi connectivity index (χ3v) is 4.00. The van der Waals surface area contributed by atoms with Crippen LogP contribution in [0.2, 0.25) is 0 Å². The number of rotatable bonds is 8. The van der Waals surface area contributed by atoms with Crippen LogP contribution in [0.15, 0.2) is 42.5 Å². The van der Waals surface area contributed by atoms with Gasteiger partial charge in [-0.05, 0) is 68.3 Å². The highest BCUT2D eigenvalue weighted by Crippen LogP contribution is 2.21. The summed E-state index contributed by atoms with van der Waals surface area (Å²) in [7, 11) is 1.59. The van der Waals surface area contributed by atoms with Crippen LogP contribution in [-0.2, 0) is 9.53 Å². The van der Waals surface area contributed by atoms with Crippen LogP contribution in [0, 0.1) is 6.92 Å². The molecule has 0 saturated heterocycles. The Bertz CT molecular complexity index is 786. The Balaban J connectivity index is 2.06. The van der Waals surface area contributed by atoms with Crippen LogP contribution in [0.25, 0.3) is 0 Å². The van der Waals surface area contributed by atoms with Crippen molar-refractivity contribution in [3.63, 3.8) is 0 Å².